The zero-order valence-corrected chi connectivity index (χ0v) is 14.1. The monoisotopic (exact) mass is 333 g/mol. The van der Waals surface area contributed by atoms with Crippen molar-refractivity contribution in [3.8, 4) is 0 Å². The number of urea groups is 1. The number of hydrogen-bond acceptors (Lipinski definition) is 3. The van der Waals surface area contributed by atoms with Crippen LogP contribution in [0.1, 0.15) is 25.1 Å². The van der Waals surface area contributed by atoms with E-state index in [1.807, 2.05) is 25.1 Å². The molecule has 0 aliphatic rings. The first kappa shape index (κ1) is 17.0. The van der Waals surface area contributed by atoms with Crippen LogP contribution in [-0.2, 0) is 6.54 Å². The minimum atomic E-state index is -0.421. The molecule has 23 heavy (non-hydrogen) atoms. The van der Waals surface area contributed by atoms with Crippen molar-refractivity contribution < 1.29 is 4.79 Å². The van der Waals surface area contributed by atoms with E-state index in [1.54, 1.807) is 16.8 Å². The van der Waals surface area contributed by atoms with Crippen LogP contribution in [0.15, 0.2) is 35.4 Å². The third-order valence-corrected chi connectivity index (χ3v) is 3.44. The fourth-order valence-electron chi connectivity index (χ4n) is 2.02. The number of nitrogens with one attached hydrogen (secondary N) is 2. The molecular formula is C16H20ClN5O. The molecule has 0 saturated carbocycles. The Hall–Kier alpha value is -2.34. The molecule has 2 rings (SSSR count). The van der Waals surface area contributed by atoms with Crippen molar-refractivity contribution in [3.63, 3.8) is 0 Å². The molecule has 0 spiro atoms. The molecule has 1 heterocycles. The summed E-state index contributed by atoms with van der Waals surface area (Å²) >= 11 is 6.30. The summed E-state index contributed by atoms with van der Waals surface area (Å²) in [6.45, 7) is 6.77. The number of benzene rings is 1. The lowest BCUT2D eigenvalue weighted by molar-refractivity contribution is 0.252. The van der Waals surface area contributed by atoms with Crippen molar-refractivity contribution in [1.82, 2.24) is 15.2 Å². The van der Waals surface area contributed by atoms with Crippen molar-refractivity contribution in [2.24, 2.45) is 11.0 Å². The number of para-hydroxylation sites is 1. The van der Waals surface area contributed by atoms with E-state index >= 15 is 0 Å². The topological polar surface area (TPSA) is 71.3 Å². The van der Waals surface area contributed by atoms with Gasteiger partial charge in [0.1, 0.15) is 5.15 Å². The highest BCUT2D eigenvalue weighted by Gasteiger charge is 2.12. The number of rotatable bonds is 5. The van der Waals surface area contributed by atoms with Crippen LogP contribution in [0.3, 0.4) is 0 Å². The van der Waals surface area contributed by atoms with Crippen LogP contribution in [0.25, 0.3) is 0 Å². The summed E-state index contributed by atoms with van der Waals surface area (Å²) in [4.78, 5) is 11.7. The average Bonchev–Trinajstić information content (AvgIpc) is 2.75. The van der Waals surface area contributed by atoms with Gasteiger partial charge in [-0.1, -0.05) is 43.6 Å². The predicted octanol–water partition coefficient (Wildman–Crippen LogP) is 3.66. The average molecular weight is 334 g/mol. The molecule has 0 unspecified atom stereocenters. The van der Waals surface area contributed by atoms with E-state index in [-0.39, 0.29) is 0 Å². The molecule has 0 saturated heterocycles. The molecule has 0 aliphatic carbocycles. The van der Waals surface area contributed by atoms with Gasteiger partial charge in [0.25, 0.3) is 0 Å². The number of aromatic nitrogens is 2. The largest absolute Gasteiger partial charge is 0.339 e. The summed E-state index contributed by atoms with van der Waals surface area (Å²) in [5, 5.41) is 11.5. The number of nitrogens with zero attached hydrogens (tertiary/aromatic N) is 3. The Balaban J connectivity index is 1.98. The lowest BCUT2D eigenvalue weighted by Crippen LogP contribution is -2.24. The van der Waals surface area contributed by atoms with E-state index in [2.05, 4.69) is 34.8 Å². The maximum absolute atomic E-state index is 11.7. The smallest absolute Gasteiger partial charge is 0.307 e. The second kappa shape index (κ2) is 7.78. The molecule has 122 valence electrons. The lowest BCUT2D eigenvalue weighted by Gasteiger charge is -2.05. The number of halogens is 1. The van der Waals surface area contributed by atoms with Gasteiger partial charge in [-0.15, -0.1) is 0 Å². The van der Waals surface area contributed by atoms with Crippen molar-refractivity contribution in [3.05, 3.63) is 46.7 Å². The van der Waals surface area contributed by atoms with Gasteiger partial charge in [0.15, 0.2) is 0 Å². The number of hydrogen-bond donors (Lipinski definition) is 2. The number of aryl methyl sites for hydroxylation is 1. The summed E-state index contributed by atoms with van der Waals surface area (Å²) in [6, 6.07) is 8.72. The predicted molar refractivity (Wildman–Crippen MR) is 93.0 cm³/mol. The third-order valence-electron chi connectivity index (χ3n) is 3.04. The van der Waals surface area contributed by atoms with E-state index in [9.17, 15) is 4.79 Å². The molecule has 2 N–H and O–H groups in total. The summed E-state index contributed by atoms with van der Waals surface area (Å²) in [7, 11) is 0. The number of anilines is 1. The molecule has 1 aromatic heterocycles. The van der Waals surface area contributed by atoms with Gasteiger partial charge in [0, 0.05) is 12.2 Å². The van der Waals surface area contributed by atoms with Gasteiger partial charge < -0.3 is 5.32 Å². The summed E-state index contributed by atoms with van der Waals surface area (Å²) < 4.78 is 1.74. The Kier molecular flexibility index (Phi) is 5.76. The van der Waals surface area contributed by atoms with Crippen molar-refractivity contribution >= 4 is 29.5 Å². The van der Waals surface area contributed by atoms with Crippen molar-refractivity contribution in [1.29, 1.82) is 0 Å². The van der Waals surface area contributed by atoms with Gasteiger partial charge in [0.05, 0.1) is 17.5 Å². The molecule has 0 atom stereocenters. The molecule has 0 radical (unpaired) electrons. The molecular weight excluding hydrogens is 314 g/mol. The van der Waals surface area contributed by atoms with Gasteiger partial charge in [-0.3, -0.25) is 4.68 Å². The minimum Gasteiger partial charge on any atom is -0.307 e. The first-order valence-electron chi connectivity index (χ1n) is 7.35. The molecule has 7 heteroatoms. The zero-order chi connectivity index (χ0) is 16.8. The number of hydrazone groups is 1. The van der Waals surface area contributed by atoms with Gasteiger partial charge in [0.2, 0.25) is 0 Å². The van der Waals surface area contributed by atoms with E-state index in [1.165, 1.54) is 6.21 Å². The fraction of sp³-hybridized carbons (Fsp3) is 0.312. The first-order chi connectivity index (χ1) is 11.0. The lowest BCUT2D eigenvalue weighted by atomic mass is 10.2. The fourth-order valence-corrected chi connectivity index (χ4v) is 2.31. The Morgan fingerprint density at radius 1 is 1.39 bits per heavy atom. The van der Waals surface area contributed by atoms with Gasteiger partial charge in [-0.2, -0.15) is 10.2 Å². The quantitative estimate of drug-likeness (QED) is 0.647. The third kappa shape index (κ3) is 4.82. The maximum atomic E-state index is 11.7. The van der Waals surface area contributed by atoms with Crippen LogP contribution < -0.4 is 10.7 Å². The van der Waals surface area contributed by atoms with Gasteiger partial charge in [-0.05, 0) is 25.0 Å². The number of carbonyl (C=O) groups is 1. The zero-order valence-electron chi connectivity index (χ0n) is 13.4. The Labute approximate surface area is 140 Å². The van der Waals surface area contributed by atoms with Crippen molar-refractivity contribution in [2.45, 2.75) is 27.3 Å². The highest BCUT2D eigenvalue weighted by atomic mass is 35.5. The van der Waals surface area contributed by atoms with Crippen molar-refractivity contribution in [2.75, 3.05) is 5.32 Å². The SMILES string of the molecule is Cc1nn(CC(C)C)c(Cl)c1/C=N\NC(=O)Nc1ccccc1. The molecule has 2 aromatic rings. The Bertz CT molecular complexity index is 694. The maximum Gasteiger partial charge on any atom is 0.339 e. The van der Waals surface area contributed by atoms with Crippen LogP contribution in [0.4, 0.5) is 10.5 Å². The number of amides is 2. The highest BCUT2D eigenvalue weighted by molar-refractivity contribution is 6.32. The highest BCUT2D eigenvalue weighted by Crippen LogP contribution is 2.18. The van der Waals surface area contributed by atoms with Crippen LogP contribution >= 0.6 is 11.6 Å². The van der Waals surface area contributed by atoms with Crippen LogP contribution in [0, 0.1) is 12.8 Å². The minimum absolute atomic E-state index is 0.421. The molecule has 0 fully saturated rings. The molecule has 6 nitrogen and oxygen atoms in total. The second-order valence-corrected chi connectivity index (χ2v) is 5.91. The second-order valence-electron chi connectivity index (χ2n) is 5.56. The first-order valence-corrected chi connectivity index (χ1v) is 7.73. The number of carbonyl (C=O) groups excluding carboxylic acids is 1. The molecule has 1 aromatic carbocycles. The van der Waals surface area contributed by atoms with Crippen LogP contribution in [-0.4, -0.2) is 22.0 Å². The van der Waals surface area contributed by atoms with Crippen LogP contribution in [0.5, 0.6) is 0 Å². The summed E-state index contributed by atoms with van der Waals surface area (Å²) in [5.74, 6) is 0.436. The molecule has 0 bridgehead atoms. The van der Waals surface area contributed by atoms with E-state index < -0.39 is 6.03 Å². The Morgan fingerprint density at radius 2 is 2.09 bits per heavy atom. The van der Waals surface area contributed by atoms with Crippen LogP contribution in [0.2, 0.25) is 5.15 Å². The van der Waals surface area contributed by atoms with E-state index in [0.29, 0.717) is 22.3 Å². The summed E-state index contributed by atoms with van der Waals surface area (Å²) in [6.07, 6.45) is 1.51. The standard InChI is InChI=1S/C16H20ClN5O/c1-11(2)10-22-15(17)14(12(3)21-22)9-18-20-16(23)19-13-7-5-4-6-8-13/h4-9,11H,10H2,1-3H3,(H2,19,20,23)/b18-9-. The van der Waals surface area contributed by atoms with E-state index in [4.69, 9.17) is 11.6 Å². The van der Waals surface area contributed by atoms with Gasteiger partial charge >= 0.3 is 6.03 Å². The normalized spacial score (nSPS) is 11.2. The molecule has 0 aliphatic heterocycles. The van der Waals surface area contributed by atoms with Gasteiger partial charge in [-0.25, -0.2) is 10.2 Å². The summed E-state index contributed by atoms with van der Waals surface area (Å²) in [5.41, 5.74) is 4.57. The van der Waals surface area contributed by atoms with E-state index in [0.717, 1.165) is 12.2 Å². The Morgan fingerprint density at radius 3 is 2.74 bits per heavy atom. The molecule has 2 amide bonds.